The average Bonchev–Trinajstić information content (AvgIpc) is 3.12. The minimum Gasteiger partial charge on any atom is -0.465 e. The van der Waals surface area contributed by atoms with Gasteiger partial charge in [0.15, 0.2) is 5.72 Å². The van der Waals surface area contributed by atoms with Crippen molar-refractivity contribution in [2.45, 2.75) is 25.0 Å². The molecule has 2 aliphatic heterocycles. The number of benzene rings is 2. The van der Waals surface area contributed by atoms with Crippen molar-refractivity contribution in [2.24, 2.45) is 0 Å². The molecule has 2 heterocycles. The SMILES string of the molecule is COC(=O)c1ccc([C@H]2CC(=O)N3C(=C2C#N)SC[C@]3(O)c2ccc(C)cc2)cc1. The Morgan fingerprint density at radius 2 is 1.90 bits per heavy atom. The largest absolute Gasteiger partial charge is 0.465 e. The molecule has 0 unspecified atom stereocenters. The van der Waals surface area contributed by atoms with Crippen LogP contribution >= 0.6 is 11.8 Å². The number of carbonyl (C=O) groups excluding carboxylic acids is 2. The van der Waals surface area contributed by atoms with Crippen molar-refractivity contribution >= 4 is 23.6 Å². The number of hydrogen-bond donors (Lipinski definition) is 1. The number of nitriles is 1. The number of aryl methyl sites for hydroxylation is 1. The molecule has 1 fully saturated rings. The summed E-state index contributed by atoms with van der Waals surface area (Å²) >= 11 is 1.32. The average molecular weight is 420 g/mol. The summed E-state index contributed by atoms with van der Waals surface area (Å²) in [6.45, 7) is 1.96. The number of aliphatic hydroxyl groups is 1. The fraction of sp³-hybridized carbons (Fsp3) is 0.261. The van der Waals surface area contributed by atoms with Gasteiger partial charge in [0.25, 0.3) is 0 Å². The van der Waals surface area contributed by atoms with Crippen molar-refractivity contribution in [1.82, 2.24) is 4.90 Å². The zero-order valence-corrected chi connectivity index (χ0v) is 17.4. The molecule has 2 atom stereocenters. The normalized spacial score (nSPS) is 23.2. The van der Waals surface area contributed by atoms with Gasteiger partial charge >= 0.3 is 5.97 Å². The Morgan fingerprint density at radius 3 is 2.50 bits per heavy atom. The number of allylic oxidation sites excluding steroid dienone is 1. The molecule has 0 bridgehead atoms. The van der Waals surface area contributed by atoms with Gasteiger partial charge in [-0.05, 0) is 24.6 Å². The lowest BCUT2D eigenvalue weighted by atomic mass is 9.85. The van der Waals surface area contributed by atoms with Gasteiger partial charge < -0.3 is 9.84 Å². The van der Waals surface area contributed by atoms with E-state index in [1.165, 1.54) is 23.8 Å². The van der Waals surface area contributed by atoms with Crippen LogP contribution in [0.1, 0.15) is 39.4 Å². The second-order valence-corrected chi connectivity index (χ2v) is 8.37. The van der Waals surface area contributed by atoms with Gasteiger partial charge in [-0.1, -0.05) is 42.0 Å². The molecule has 1 amide bonds. The third kappa shape index (κ3) is 3.18. The lowest BCUT2D eigenvalue weighted by Gasteiger charge is -2.38. The number of fused-ring (bicyclic) bond motifs is 1. The van der Waals surface area contributed by atoms with Gasteiger partial charge in [0.05, 0.1) is 35.1 Å². The molecule has 2 aromatic carbocycles. The summed E-state index contributed by atoms with van der Waals surface area (Å²) in [6.07, 6.45) is 0.0682. The monoisotopic (exact) mass is 420 g/mol. The quantitative estimate of drug-likeness (QED) is 0.765. The van der Waals surface area contributed by atoms with E-state index in [4.69, 9.17) is 4.74 Å². The molecule has 2 aliphatic rings. The van der Waals surface area contributed by atoms with Gasteiger partial charge in [0.2, 0.25) is 5.91 Å². The highest BCUT2D eigenvalue weighted by Gasteiger charge is 2.51. The number of carbonyl (C=O) groups is 2. The van der Waals surface area contributed by atoms with Crippen LogP contribution in [0, 0.1) is 18.3 Å². The van der Waals surface area contributed by atoms with Crippen LogP contribution in [0.25, 0.3) is 0 Å². The molecule has 0 aliphatic carbocycles. The predicted molar refractivity (Wildman–Crippen MR) is 112 cm³/mol. The standard InChI is InChI=1S/C23H20N2O4S/c1-14-3-9-17(10-4-14)23(28)13-30-21-19(12-24)18(11-20(26)25(21)23)15-5-7-16(8-6-15)22(27)29-2/h3-10,18,28H,11,13H2,1-2H3/t18-,23+/m1/s1. The van der Waals surface area contributed by atoms with E-state index in [0.717, 1.165) is 11.1 Å². The number of methoxy groups -OCH3 is 1. The number of esters is 1. The Bertz CT molecular complexity index is 1090. The fourth-order valence-electron chi connectivity index (χ4n) is 3.91. The van der Waals surface area contributed by atoms with Crippen LogP contribution in [0.3, 0.4) is 0 Å². The molecule has 0 spiro atoms. The summed E-state index contributed by atoms with van der Waals surface area (Å²) in [5.41, 5.74) is 1.83. The van der Waals surface area contributed by atoms with Gasteiger partial charge in [-0.15, -0.1) is 11.8 Å². The molecule has 152 valence electrons. The topological polar surface area (TPSA) is 90.6 Å². The molecular formula is C23H20N2O4S. The lowest BCUT2D eigenvalue weighted by Crippen LogP contribution is -2.48. The maximum atomic E-state index is 13.1. The molecule has 6 nitrogen and oxygen atoms in total. The highest BCUT2D eigenvalue weighted by atomic mass is 32.2. The van der Waals surface area contributed by atoms with Gasteiger partial charge in [-0.3, -0.25) is 9.69 Å². The molecule has 4 rings (SSSR count). The minimum absolute atomic E-state index is 0.0682. The summed E-state index contributed by atoms with van der Waals surface area (Å²) in [5.74, 6) is -0.843. The van der Waals surface area contributed by atoms with E-state index in [2.05, 4.69) is 6.07 Å². The number of nitrogens with zero attached hydrogens (tertiary/aromatic N) is 2. The Hall–Kier alpha value is -3.08. The van der Waals surface area contributed by atoms with Gasteiger partial charge in [-0.25, -0.2) is 4.79 Å². The first-order valence-corrected chi connectivity index (χ1v) is 10.5. The van der Waals surface area contributed by atoms with Crippen LogP contribution in [0.15, 0.2) is 59.1 Å². The molecular weight excluding hydrogens is 400 g/mol. The van der Waals surface area contributed by atoms with Crippen LogP contribution in [0.4, 0.5) is 0 Å². The molecule has 0 aromatic heterocycles. The van der Waals surface area contributed by atoms with Gasteiger partial charge in [0, 0.05) is 17.9 Å². The summed E-state index contributed by atoms with van der Waals surface area (Å²) < 4.78 is 4.72. The Kier molecular flexibility index (Phi) is 5.14. The summed E-state index contributed by atoms with van der Waals surface area (Å²) in [7, 11) is 1.31. The second kappa shape index (κ2) is 7.63. The highest BCUT2D eigenvalue weighted by molar-refractivity contribution is 8.03. The van der Waals surface area contributed by atoms with Crippen LogP contribution in [-0.2, 0) is 15.3 Å². The van der Waals surface area contributed by atoms with Crippen LogP contribution < -0.4 is 0 Å². The van der Waals surface area contributed by atoms with Crippen LogP contribution in [0.2, 0.25) is 0 Å². The zero-order valence-electron chi connectivity index (χ0n) is 16.6. The third-order valence-corrected chi connectivity index (χ3v) is 6.78. The maximum absolute atomic E-state index is 13.1. The number of ether oxygens (including phenoxy) is 1. The Morgan fingerprint density at radius 1 is 1.23 bits per heavy atom. The number of amides is 1. The Balaban J connectivity index is 1.73. The van der Waals surface area contributed by atoms with Crippen molar-refractivity contribution < 1.29 is 19.4 Å². The molecule has 1 saturated heterocycles. The lowest BCUT2D eigenvalue weighted by molar-refractivity contribution is -0.149. The van der Waals surface area contributed by atoms with E-state index in [1.54, 1.807) is 24.3 Å². The molecule has 2 aromatic rings. The minimum atomic E-state index is -1.48. The summed E-state index contributed by atoms with van der Waals surface area (Å²) in [6, 6.07) is 16.4. The van der Waals surface area contributed by atoms with E-state index in [0.29, 0.717) is 21.7 Å². The Labute approximate surface area is 178 Å². The predicted octanol–water partition coefficient (Wildman–Crippen LogP) is 3.42. The van der Waals surface area contributed by atoms with E-state index in [-0.39, 0.29) is 18.1 Å². The summed E-state index contributed by atoms with van der Waals surface area (Å²) in [4.78, 5) is 26.2. The van der Waals surface area contributed by atoms with E-state index in [1.807, 2.05) is 31.2 Å². The maximum Gasteiger partial charge on any atom is 0.337 e. The number of hydrogen-bond acceptors (Lipinski definition) is 6. The number of rotatable bonds is 3. The highest BCUT2D eigenvalue weighted by Crippen LogP contribution is 2.51. The van der Waals surface area contributed by atoms with Crippen molar-refractivity contribution in [3.05, 3.63) is 81.4 Å². The van der Waals surface area contributed by atoms with Gasteiger partial charge in [0.1, 0.15) is 0 Å². The second-order valence-electron chi connectivity index (χ2n) is 7.40. The van der Waals surface area contributed by atoms with E-state index < -0.39 is 17.6 Å². The fourth-order valence-corrected chi connectivity index (χ4v) is 5.27. The zero-order chi connectivity index (χ0) is 21.5. The van der Waals surface area contributed by atoms with Crippen molar-refractivity contribution in [2.75, 3.05) is 12.9 Å². The molecule has 0 saturated carbocycles. The van der Waals surface area contributed by atoms with E-state index >= 15 is 0 Å². The summed E-state index contributed by atoms with van der Waals surface area (Å²) in [5, 5.41) is 21.8. The van der Waals surface area contributed by atoms with Crippen molar-refractivity contribution in [3.63, 3.8) is 0 Å². The first-order chi connectivity index (χ1) is 14.4. The molecule has 30 heavy (non-hydrogen) atoms. The number of thioether (sulfide) groups is 1. The molecule has 7 heteroatoms. The first-order valence-electron chi connectivity index (χ1n) is 9.47. The third-order valence-electron chi connectivity index (χ3n) is 5.56. The van der Waals surface area contributed by atoms with E-state index in [9.17, 15) is 20.0 Å². The smallest absolute Gasteiger partial charge is 0.337 e. The van der Waals surface area contributed by atoms with Crippen LogP contribution in [0.5, 0.6) is 0 Å². The first kappa shape index (κ1) is 20.2. The van der Waals surface area contributed by atoms with Crippen LogP contribution in [-0.4, -0.2) is 34.7 Å². The van der Waals surface area contributed by atoms with Crippen molar-refractivity contribution in [3.8, 4) is 6.07 Å². The molecule has 0 radical (unpaired) electrons. The van der Waals surface area contributed by atoms with Gasteiger partial charge in [-0.2, -0.15) is 5.26 Å². The van der Waals surface area contributed by atoms with Crippen molar-refractivity contribution in [1.29, 1.82) is 5.26 Å². The molecule has 1 N–H and O–H groups in total.